The van der Waals surface area contributed by atoms with E-state index in [0.717, 1.165) is 18.0 Å². The zero-order valence-electron chi connectivity index (χ0n) is 11.5. The van der Waals surface area contributed by atoms with E-state index in [4.69, 9.17) is 5.73 Å². The Hall–Kier alpha value is -1.79. The van der Waals surface area contributed by atoms with Gasteiger partial charge in [0.05, 0.1) is 6.54 Å². The van der Waals surface area contributed by atoms with E-state index in [1.807, 2.05) is 36.2 Å². The van der Waals surface area contributed by atoms with Crippen LogP contribution >= 0.6 is 0 Å². The van der Waals surface area contributed by atoms with Crippen LogP contribution in [0.2, 0.25) is 0 Å². The number of nitrogens with two attached hydrogens (primary N) is 1. The van der Waals surface area contributed by atoms with Crippen molar-refractivity contribution < 1.29 is 4.79 Å². The van der Waals surface area contributed by atoms with Crippen LogP contribution in [0.3, 0.4) is 0 Å². The van der Waals surface area contributed by atoms with Gasteiger partial charge in [-0.25, -0.2) is 0 Å². The molecule has 1 aromatic carbocycles. The van der Waals surface area contributed by atoms with Crippen LogP contribution in [0.15, 0.2) is 24.3 Å². The van der Waals surface area contributed by atoms with E-state index >= 15 is 0 Å². The molecule has 0 radical (unpaired) electrons. The highest BCUT2D eigenvalue weighted by molar-refractivity contribution is 5.94. The van der Waals surface area contributed by atoms with Crippen molar-refractivity contribution in [1.82, 2.24) is 4.90 Å². The van der Waals surface area contributed by atoms with Crippen LogP contribution in [-0.4, -0.2) is 30.9 Å². The summed E-state index contributed by atoms with van der Waals surface area (Å²) in [5.74, 6) is 7.28. The fraction of sp³-hybridized carbons (Fsp3) is 0.438. The van der Waals surface area contributed by atoms with Crippen LogP contribution in [-0.2, 0) is 0 Å². The summed E-state index contributed by atoms with van der Waals surface area (Å²) in [5.41, 5.74) is 6.93. The molecule has 1 fully saturated rings. The second-order valence-electron chi connectivity index (χ2n) is 5.24. The van der Waals surface area contributed by atoms with Gasteiger partial charge in [-0.3, -0.25) is 4.79 Å². The number of benzene rings is 1. The smallest absolute Gasteiger partial charge is 0.253 e. The second-order valence-corrected chi connectivity index (χ2v) is 5.24. The van der Waals surface area contributed by atoms with Gasteiger partial charge in [-0.2, -0.15) is 0 Å². The third-order valence-corrected chi connectivity index (χ3v) is 3.60. The second kappa shape index (κ2) is 5.90. The van der Waals surface area contributed by atoms with Gasteiger partial charge in [0.2, 0.25) is 0 Å². The maximum absolute atomic E-state index is 12.2. The average Bonchev–Trinajstić information content (AvgIpc) is 3.11. The van der Waals surface area contributed by atoms with Crippen LogP contribution in [0.1, 0.15) is 29.3 Å². The molecule has 0 spiro atoms. The van der Waals surface area contributed by atoms with Crippen LogP contribution in [0, 0.1) is 23.7 Å². The standard InChI is InChI=1S/C16H20N2O/c1-12-10-15(12)11-18(2)16(19)14-7-5-13(6-8-14)4-3-9-17/h5-8,12,15H,9-11,17H2,1-2H3. The summed E-state index contributed by atoms with van der Waals surface area (Å²) in [6, 6.07) is 7.39. The predicted molar refractivity (Wildman–Crippen MR) is 76.6 cm³/mol. The molecule has 3 nitrogen and oxygen atoms in total. The quantitative estimate of drug-likeness (QED) is 0.837. The molecule has 0 bridgehead atoms. The molecular formula is C16H20N2O. The first-order chi connectivity index (χ1) is 9.11. The molecule has 1 aliphatic rings. The van der Waals surface area contributed by atoms with Gasteiger partial charge < -0.3 is 10.6 Å². The van der Waals surface area contributed by atoms with Crippen molar-refractivity contribution in [3.63, 3.8) is 0 Å². The van der Waals surface area contributed by atoms with E-state index < -0.39 is 0 Å². The first-order valence-corrected chi connectivity index (χ1v) is 6.66. The highest BCUT2D eigenvalue weighted by Crippen LogP contribution is 2.38. The molecule has 1 aromatic rings. The predicted octanol–water partition coefficient (Wildman–Crippen LogP) is 1.72. The summed E-state index contributed by atoms with van der Waals surface area (Å²) in [5, 5.41) is 0. The van der Waals surface area contributed by atoms with E-state index in [-0.39, 0.29) is 5.91 Å². The number of amides is 1. The first-order valence-electron chi connectivity index (χ1n) is 6.66. The van der Waals surface area contributed by atoms with Crippen LogP contribution in [0.5, 0.6) is 0 Å². The van der Waals surface area contributed by atoms with Gasteiger partial charge in [-0.1, -0.05) is 18.8 Å². The van der Waals surface area contributed by atoms with Gasteiger partial charge in [-0.15, -0.1) is 0 Å². The fourth-order valence-corrected chi connectivity index (χ4v) is 2.16. The van der Waals surface area contributed by atoms with E-state index in [2.05, 4.69) is 18.8 Å². The molecule has 1 amide bonds. The molecule has 0 aromatic heterocycles. The van der Waals surface area contributed by atoms with Crippen molar-refractivity contribution in [2.75, 3.05) is 20.1 Å². The SMILES string of the molecule is CC1CC1CN(C)C(=O)c1ccc(C#CCN)cc1. The maximum Gasteiger partial charge on any atom is 0.253 e. The number of hydrogen-bond acceptors (Lipinski definition) is 2. The Balaban J connectivity index is 1.98. The largest absolute Gasteiger partial charge is 0.341 e. The summed E-state index contributed by atoms with van der Waals surface area (Å²) in [4.78, 5) is 14.0. The summed E-state index contributed by atoms with van der Waals surface area (Å²) in [7, 11) is 1.87. The Kier molecular flexibility index (Phi) is 4.24. The minimum Gasteiger partial charge on any atom is -0.341 e. The molecule has 1 aliphatic carbocycles. The molecule has 2 atom stereocenters. The molecule has 2 N–H and O–H groups in total. The zero-order valence-corrected chi connectivity index (χ0v) is 11.5. The lowest BCUT2D eigenvalue weighted by molar-refractivity contribution is 0.0787. The monoisotopic (exact) mass is 256 g/mol. The lowest BCUT2D eigenvalue weighted by Crippen LogP contribution is -2.29. The Labute approximate surface area is 114 Å². The number of rotatable bonds is 3. The number of nitrogens with zero attached hydrogens (tertiary/aromatic N) is 1. The molecule has 3 heteroatoms. The first kappa shape index (κ1) is 13.6. The van der Waals surface area contributed by atoms with Gasteiger partial charge in [0.1, 0.15) is 0 Å². The van der Waals surface area contributed by atoms with Crippen molar-refractivity contribution in [2.45, 2.75) is 13.3 Å². The fourth-order valence-electron chi connectivity index (χ4n) is 2.16. The van der Waals surface area contributed by atoms with Crippen molar-refractivity contribution in [3.8, 4) is 11.8 Å². The third kappa shape index (κ3) is 3.59. The molecule has 0 saturated heterocycles. The van der Waals surface area contributed by atoms with E-state index in [0.29, 0.717) is 18.0 Å². The highest BCUT2D eigenvalue weighted by Gasteiger charge is 2.34. The number of hydrogen-bond donors (Lipinski definition) is 1. The summed E-state index contributed by atoms with van der Waals surface area (Å²) >= 11 is 0. The molecule has 100 valence electrons. The van der Waals surface area contributed by atoms with Gasteiger partial charge >= 0.3 is 0 Å². The summed E-state index contributed by atoms with van der Waals surface area (Å²) in [6.45, 7) is 3.44. The zero-order chi connectivity index (χ0) is 13.8. The Morgan fingerprint density at radius 3 is 2.58 bits per heavy atom. The molecule has 0 aliphatic heterocycles. The number of carbonyl (C=O) groups is 1. The minimum atomic E-state index is 0.0810. The van der Waals surface area contributed by atoms with Crippen molar-refractivity contribution in [3.05, 3.63) is 35.4 Å². The molecule has 0 heterocycles. The van der Waals surface area contributed by atoms with Crippen LogP contribution in [0.4, 0.5) is 0 Å². The Morgan fingerprint density at radius 2 is 2.05 bits per heavy atom. The topological polar surface area (TPSA) is 46.3 Å². The maximum atomic E-state index is 12.2. The van der Waals surface area contributed by atoms with Gasteiger partial charge in [0.25, 0.3) is 5.91 Å². The van der Waals surface area contributed by atoms with Crippen molar-refractivity contribution in [2.24, 2.45) is 17.6 Å². The van der Waals surface area contributed by atoms with Crippen molar-refractivity contribution in [1.29, 1.82) is 0 Å². The van der Waals surface area contributed by atoms with Gasteiger partial charge in [0.15, 0.2) is 0 Å². The van der Waals surface area contributed by atoms with Crippen LogP contribution < -0.4 is 5.73 Å². The Morgan fingerprint density at radius 1 is 1.42 bits per heavy atom. The molecule has 19 heavy (non-hydrogen) atoms. The molecular weight excluding hydrogens is 236 g/mol. The van der Waals surface area contributed by atoms with Gasteiger partial charge in [-0.05, 0) is 42.5 Å². The van der Waals surface area contributed by atoms with E-state index in [1.54, 1.807) is 0 Å². The Bertz CT molecular complexity index is 510. The van der Waals surface area contributed by atoms with Crippen LogP contribution in [0.25, 0.3) is 0 Å². The summed E-state index contributed by atoms with van der Waals surface area (Å²) < 4.78 is 0. The average molecular weight is 256 g/mol. The third-order valence-electron chi connectivity index (χ3n) is 3.60. The van der Waals surface area contributed by atoms with E-state index in [1.165, 1.54) is 6.42 Å². The summed E-state index contributed by atoms with van der Waals surface area (Å²) in [6.07, 6.45) is 1.24. The van der Waals surface area contributed by atoms with Gasteiger partial charge in [0, 0.05) is 24.7 Å². The minimum absolute atomic E-state index is 0.0810. The van der Waals surface area contributed by atoms with Crippen molar-refractivity contribution >= 4 is 5.91 Å². The highest BCUT2D eigenvalue weighted by atomic mass is 16.2. The lowest BCUT2D eigenvalue weighted by atomic mass is 10.1. The molecule has 1 saturated carbocycles. The molecule has 2 unspecified atom stereocenters. The van der Waals surface area contributed by atoms with E-state index in [9.17, 15) is 4.79 Å². The number of carbonyl (C=O) groups excluding carboxylic acids is 1. The lowest BCUT2D eigenvalue weighted by Gasteiger charge is -2.17. The normalized spacial score (nSPS) is 20.4. The molecule has 2 rings (SSSR count).